The lowest BCUT2D eigenvalue weighted by atomic mass is 9.99. The molecule has 1 aromatic heterocycles. The fourth-order valence-electron chi connectivity index (χ4n) is 1.93. The molecule has 0 saturated carbocycles. The Kier molecular flexibility index (Phi) is 5.35. The summed E-state index contributed by atoms with van der Waals surface area (Å²) >= 11 is 2.86. The van der Waals surface area contributed by atoms with Crippen LogP contribution < -0.4 is 5.73 Å². The molecule has 1 unspecified atom stereocenters. The van der Waals surface area contributed by atoms with E-state index in [-0.39, 0.29) is 18.0 Å². The largest absolute Gasteiger partial charge is 0.416 e. The Labute approximate surface area is 130 Å². The van der Waals surface area contributed by atoms with E-state index in [4.69, 9.17) is 5.73 Å². The zero-order valence-corrected chi connectivity index (χ0v) is 13.1. The van der Waals surface area contributed by atoms with Crippen LogP contribution in [0.3, 0.4) is 0 Å². The lowest BCUT2D eigenvalue weighted by Crippen LogP contribution is -2.23. The van der Waals surface area contributed by atoms with Gasteiger partial charge in [-0.05, 0) is 42.0 Å². The van der Waals surface area contributed by atoms with Crippen molar-refractivity contribution in [3.05, 3.63) is 46.8 Å². The fourth-order valence-corrected chi connectivity index (χ4v) is 3.71. The highest BCUT2D eigenvalue weighted by atomic mass is 32.2. The quantitative estimate of drug-likeness (QED) is 0.815. The summed E-state index contributed by atoms with van der Waals surface area (Å²) in [5, 5.41) is 1.90. The molecule has 0 amide bonds. The molecule has 0 saturated heterocycles. The second-order valence-electron chi connectivity index (χ2n) is 4.72. The van der Waals surface area contributed by atoms with Gasteiger partial charge < -0.3 is 5.73 Å². The van der Waals surface area contributed by atoms with E-state index < -0.39 is 11.7 Å². The SMILES string of the molecule is CCC(N)Cc1ccc(Sc2cccs2)cc1C(F)(F)F. The van der Waals surface area contributed by atoms with Crippen molar-refractivity contribution >= 4 is 23.1 Å². The van der Waals surface area contributed by atoms with E-state index in [2.05, 4.69) is 0 Å². The number of rotatable bonds is 5. The number of hydrogen-bond acceptors (Lipinski definition) is 3. The van der Waals surface area contributed by atoms with Crippen molar-refractivity contribution in [1.29, 1.82) is 0 Å². The van der Waals surface area contributed by atoms with Crippen molar-refractivity contribution in [2.24, 2.45) is 5.73 Å². The van der Waals surface area contributed by atoms with Gasteiger partial charge in [-0.2, -0.15) is 13.2 Å². The van der Waals surface area contributed by atoms with E-state index in [0.29, 0.717) is 11.3 Å². The van der Waals surface area contributed by atoms with E-state index in [1.54, 1.807) is 12.1 Å². The predicted octanol–water partition coefficient (Wildman–Crippen LogP) is 5.20. The zero-order valence-electron chi connectivity index (χ0n) is 11.5. The minimum atomic E-state index is -4.35. The van der Waals surface area contributed by atoms with Gasteiger partial charge in [0.05, 0.1) is 9.77 Å². The van der Waals surface area contributed by atoms with Crippen molar-refractivity contribution in [1.82, 2.24) is 0 Å². The first-order valence-electron chi connectivity index (χ1n) is 6.57. The Morgan fingerprint density at radius 3 is 2.62 bits per heavy atom. The van der Waals surface area contributed by atoms with Gasteiger partial charge in [-0.25, -0.2) is 0 Å². The number of hydrogen-bond donors (Lipinski definition) is 1. The molecule has 0 aliphatic rings. The van der Waals surface area contributed by atoms with Crippen LogP contribution in [0, 0.1) is 0 Å². The molecule has 0 spiro atoms. The Morgan fingerprint density at radius 2 is 2.05 bits per heavy atom. The smallest absolute Gasteiger partial charge is 0.327 e. The van der Waals surface area contributed by atoms with Gasteiger partial charge in [0.2, 0.25) is 0 Å². The number of halogens is 3. The summed E-state index contributed by atoms with van der Waals surface area (Å²) in [7, 11) is 0. The van der Waals surface area contributed by atoms with Crippen LogP contribution in [-0.4, -0.2) is 6.04 Å². The molecule has 1 heterocycles. The van der Waals surface area contributed by atoms with Gasteiger partial charge in [0.25, 0.3) is 0 Å². The summed E-state index contributed by atoms with van der Waals surface area (Å²) in [5.74, 6) is 0. The number of nitrogens with two attached hydrogens (primary N) is 1. The normalized spacial score (nSPS) is 13.4. The minimum absolute atomic E-state index is 0.245. The molecule has 21 heavy (non-hydrogen) atoms. The number of thiophene rings is 1. The van der Waals surface area contributed by atoms with E-state index in [9.17, 15) is 13.2 Å². The van der Waals surface area contributed by atoms with Crippen LogP contribution in [0.5, 0.6) is 0 Å². The van der Waals surface area contributed by atoms with Crippen molar-refractivity contribution < 1.29 is 13.2 Å². The second-order valence-corrected chi connectivity index (χ2v) is 7.04. The first-order valence-corrected chi connectivity index (χ1v) is 8.27. The van der Waals surface area contributed by atoms with E-state index in [1.165, 1.54) is 29.2 Å². The van der Waals surface area contributed by atoms with Gasteiger partial charge in [0, 0.05) is 10.9 Å². The van der Waals surface area contributed by atoms with Gasteiger partial charge in [-0.1, -0.05) is 30.8 Å². The third kappa shape index (κ3) is 4.49. The summed E-state index contributed by atoms with van der Waals surface area (Å²) in [6.45, 7) is 1.87. The highest BCUT2D eigenvalue weighted by Gasteiger charge is 2.33. The van der Waals surface area contributed by atoms with Crippen molar-refractivity contribution in [2.75, 3.05) is 0 Å². The summed E-state index contributed by atoms with van der Waals surface area (Å²) in [6, 6.07) is 8.03. The Hall–Kier alpha value is -0.980. The summed E-state index contributed by atoms with van der Waals surface area (Å²) in [5.41, 5.74) is 5.49. The summed E-state index contributed by atoms with van der Waals surface area (Å²) in [4.78, 5) is 0.596. The molecule has 6 heteroatoms. The molecule has 0 aliphatic heterocycles. The van der Waals surface area contributed by atoms with Gasteiger partial charge in [-0.3, -0.25) is 0 Å². The van der Waals surface area contributed by atoms with Gasteiger partial charge in [0.1, 0.15) is 0 Å². The fraction of sp³-hybridized carbons (Fsp3) is 0.333. The Balaban J connectivity index is 2.30. The van der Waals surface area contributed by atoms with Gasteiger partial charge >= 0.3 is 6.18 Å². The van der Waals surface area contributed by atoms with Crippen LogP contribution in [0.1, 0.15) is 24.5 Å². The molecule has 0 bridgehead atoms. The average Bonchev–Trinajstić information content (AvgIpc) is 2.92. The Bertz CT molecular complexity index is 579. The molecule has 1 nitrogen and oxygen atoms in total. The van der Waals surface area contributed by atoms with Crippen LogP contribution >= 0.6 is 23.1 Å². The maximum Gasteiger partial charge on any atom is 0.416 e. The Morgan fingerprint density at radius 1 is 1.29 bits per heavy atom. The summed E-state index contributed by atoms with van der Waals surface area (Å²) in [6.07, 6.45) is -3.45. The zero-order chi connectivity index (χ0) is 15.5. The lowest BCUT2D eigenvalue weighted by molar-refractivity contribution is -0.138. The molecular weight excluding hydrogens is 315 g/mol. The van der Waals surface area contributed by atoms with Crippen LogP contribution in [-0.2, 0) is 12.6 Å². The molecule has 1 aromatic carbocycles. The molecule has 1 atom stereocenters. The van der Waals surface area contributed by atoms with E-state index in [0.717, 1.165) is 4.21 Å². The highest BCUT2D eigenvalue weighted by Crippen LogP contribution is 2.38. The molecule has 0 fully saturated rings. The first kappa shape index (κ1) is 16.4. The van der Waals surface area contributed by atoms with Crippen molar-refractivity contribution in [2.45, 2.75) is 41.1 Å². The van der Waals surface area contributed by atoms with Gasteiger partial charge in [0.15, 0.2) is 0 Å². The third-order valence-corrected chi connectivity index (χ3v) is 5.13. The number of alkyl halides is 3. The maximum atomic E-state index is 13.2. The molecular formula is C15H16F3NS2. The van der Waals surface area contributed by atoms with Gasteiger partial charge in [-0.15, -0.1) is 11.3 Å². The molecule has 2 rings (SSSR count). The first-order chi connectivity index (χ1) is 9.90. The third-order valence-electron chi connectivity index (χ3n) is 3.11. The molecule has 114 valence electrons. The maximum absolute atomic E-state index is 13.2. The van der Waals surface area contributed by atoms with Crippen LogP contribution in [0.2, 0.25) is 0 Å². The second kappa shape index (κ2) is 6.85. The predicted molar refractivity (Wildman–Crippen MR) is 81.9 cm³/mol. The molecule has 0 aliphatic carbocycles. The topological polar surface area (TPSA) is 26.0 Å². The van der Waals surface area contributed by atoms with Crippen LogP contribution in [0.15, 0.2) is 44.8 Å². The average molecular weight is 331 g/mol. The lowest BCUT2D eigenvalue weighted by Gasteiger charge is -2.16. The minimum Gasteiger partial charge on any atom is -0.327 e. The van der Waals surface area contributed by atoms with E-state index in [1.807, 2.05) is 24.4 Å². The van der Waals surface area contributed by atoms with Crippen molar-refractivity contribution in [3.63, 3.8) is 0 Å². The van der Waals surface area contributed by atoms with Crippen LogP contribution in [0.25, 0.3) is 0 Å². The number of benzene rings is 1. The van der Waals surface area contributed by atoms with E-state index >= 15 is 0 Å². The monoisotopic (exact) mass is 331 g/mol. The molecule has 0 radical (unpaired) electrons. The highest BCUT2D eigenvalue weighted by molar-refractivity contribution is 8.01. The molecule has 2 N–H and O–H groups in total. The van der Waals surface area contributed by atoms with Crippen LogP contribution in [0.4, 0.5) is 13.2 Å². The van der Waals surface area contributed by atoms with Crippen molar-refractivity contribution in [3.8, 4) is 0 Å². The summed E-state index contributed by atoms with van der Waals surface area (Å²) < 4.78 is 40.6. The molecule has 2 aromatic rings. The standard InChI is InChI=1S/C15H16F3NS2/c1-2-11(19)8-10-5-6-12(9-13(10)15(16,17)18)21-14-4-3-7-20-14/h3-7,9,11H,2,8,19H2,1H3.